The Morgan fingerprint density at radius 1 is 1.20 bits per heavy atom. The maximum absolute atomic E-state index is 12.8. The van der Waals surface area contributed by atoms with Gasteiger partial charge in [-0.05, 0) is 57.7 Å². The van der Waals surface area contributed by atoms with E-state index < -0.39 is 5.54 Å². The van der Waals surface area contributed by atoms with Gasteiger partial charge in [-0.3, -0.25) is 4.79 Å². The zero-order valence-electron chi connectivity index (χ0n) is 14.7. The number of hydrogen-bond donors (Lipinski definition) is 2. The van der Waals surface area contributed by atoms with Crippen molar-refractivity contribution in [3.05, 3.63) is 35.8 Å². The minimum atomic E-state index is -0.506. The average molecular weight is 340 g/mol. The number of hydrogen-bond acceptors (Lipinski definition) is 4. The maximum atomic E-state index is 12.8. The molecule has 2 aliphatic carbocycles. The molecule has 0 bridgehead atoms. The fraction of sp³-hybridized carbons (Fsp3) is 0.550. The monoisotopic (exact) mass is 340 g/mol. The number of piperidine rings is 1. The molecule has 1 unspecified atom stereocenters. The summed E-state index contributed by atoms with van der Waals surface area (Å²) in [5.74, 6) is 2.83. The van der Waals surface area contributed by atoms with E-state index >= 15 is 0 Å². The highest BCUT2D eigenvalue weighted by Crippen LogP contribution is 2.49. The summed E-state index contributed by atoms with van der Waals surface area (Å²) in [6, 6.07) is 8.13. The smallest absolute Gasteiger partial charge is 0.224 e. The van der Waals surface area contributed by atoms with Crippen molar-refractivity contribution in [2.45, 2.75) is 38.1 Å². The van der Waals surface area contributed by atoms with Crippen molar-refractivity contribution in [1.29, 1.82) is 0 Å². The molecule has 2 heterocycles. The molecule has 3 fully saturated rings. The predicted octanol–water partition coefficient (Wildman–Crippen LogP) is 2.82. The van der Waals surface area contributed by atoms with Gasteiger partial charge >= 0.3 is 0 Å². The fourth-order valence-electron chi connectivity index (χ4n) is 4.35. The lowest BCUT2D eigenvalue weighted by atomic mass is 9.95. The summed E-state index contributed by atoms with van der Waals surface area (Å²) in [7, 11) is 0. The van der Waals surface area contributed by atoms with E-state index in [1.807, 2.05) is 18.2 Å². The molecule has 5 rings (SSSR count). The zero-order chi connectivity index (χ0) is 17.2. The average Bonchev–Trinajstić information content (AvgIpc) is 3.51. The lowest BCUT2D eigenvalue weighted by Gasteiger charge is -2.28. The SMILES string of the molecule is CC(C)(NC(=O)C1[C@H]2CNC[C@@H]12)c1nc(C2CC2)nc2ccccc12.[HH].[HH]. The van der Waals surface area contributed by atoms with Gasteiger partial charge in [0.15, 0.2) is 0 Å². The Bertz CT molecular complexity index is 858. The molecule has 2 saturated carbocycles. The summed E-state index contributed by atoms with van der Waals surface area (Å²) >= 11 is 0. The van der Waals surface area contributed by atoms with Gasteiger partial charge in [0.1, 0.15) is 5.82 Å². The van der Waals surface area contributed by atoms with Gasteiger partial charge in [-0.15, -0.1) is 0 Å². The molecule has 1 aromatic carbocycles. The molecule has 1 aromatic heterocycles. The van der Waals surface area contributed by atoms with Crippen molar-refractivity contribution in [3.63, 3.8) is 0 Å². The number of carbonyl (C=O) groups excluding carboxylic acids is 1. The Hall–Kier alpha value is -2.01. The first-order chi connectivity index (χ1) is 12.0. The summed E-state index contributed by atoms with van der Waals surface area (Å²) in [5, 5.41) is 7.67. The van der Waals surface area contributed by atoms with E-state index in [-0.39, 0.29) is 14.7 Å². The zero-order valence-corrected chi connectivity index (χ0v) is 14.7. The van der Waals surface area contributed by atoms with Crippen LogP contribution in [0.15, 0.2) is 24.3 Å². The van der Waals surface area contributed by atoms with Crippen LogP contribution in [0.4, 0.5) is 0 Å². The third-order valence-corrected chi connectivity index (χ3v) is 5.99. The Kier molecular flexibility index (Phi) is 3.20. The van der Waals surface area contributed by atoms with E-state index in [0.717, 1.165) is 35.5 Å². The van der Waals surface area contributed by atoms with E-state index in [2.05, 4.69) is 30.5 Å². The number of nitrogens with zero attached hydrogens (tertiary/aromatic N) is 2. The van der Waals surface area contributed by atoms with Crippen LogP contribution in [0.25, 0.3) is 10.9 Å². The lowest BCUT2D eigenvalue weighted by Crippen LogP contribution is -2.44. The van der Waals surface area contributed by atoms with Crippen LogP contribution >= 0.6 is 0 Å². The molecule has 2 N–H and O–H groups in total. The molecule has 5 nitrogen and oxygen atoms in total. The van der Waals surface area contributed by atoms with Gasteiger partial charge in [0.25, 0.3) is 0 Å². The first-order valence-corrected chi connectivity index (χ1v) is 9.34. The largest absolute Gasteiger partial charge is 0.345 e. The first kappa shape index (κ1) is 15.3. The van der Waals surface area contributed by atoms with Crippen LogP contribution in [0.1, 0.15) is 47.0 Å². The molecule has 3 atom stereocenters. The van der Waals surface area contributed by atoms with Crippen molar-refractivity contribution >= 4 is 16.8 Å². The minimum Gasteiger partial charge on any atom is -0.345 e. The van der Waals surface area contributed by atoms with Crippen LogP contribution in [0, 0.1) is 17.8 Å². The Morgan fingerprint density at radius 3 is 2.64 bits per heavy atom. The van der Waals surface area contributed by atoms with Gasteiger partial charge < -0.3 is 10.6 Å². The number of nitrogens with one attached hydrogen (secondary N) is 2. The maximum Gasteiger partial charge on any atom is 0.224 e. The summed E-state index contributed by atoms with van der Waals surface area (Å²) < 4.78 is 0. The highest BCUT2D eigenvalue weighted by atomic mass is 16.2. The Morgan fingerprint density at radius 2 is 1.92 bits per heavy atom. The second-order valence-corrected chi connectivity index (χ2v) is 8.35. The molecule has 0 radical (unpaired) electrons. The summed E-state index contributed by atoms with van der Waals surface area (Å²) in [4.78, 5) is 22.4. The molecule has 1 amide bonds. The third kappa shape index (κ3) is 2.53. The molecular weight excluding hydrogens is 312 g/mol. The number of rotatable bonds is 4. The fourth-order valence-corrected chi connectivity index (χ4v) is 4.35. The van der Waals surface area contributed by atoms with Crippen molar-refractivity contribution < 1.29 is 7.65 Å². The molecule has 1 saturated heterocycles. The number of aromatic nitrogens is 2. The summed E-state index contributed by atoms with van der Waals surface area (Å²) in [6.45, 7) is 6.08. The standard InChI is InChI=1S/C20H24N4O.2H2/c1-20(2,24-19(25)16-13-9-21-10-14(13)16)17-12-5-3-4-6-15(12)22-18(23-17)11-7-8-11;;/h3-6,11,13-14,16,21H,7-10H2,1-2H3,(H,24,25);2*1H/t13-,14+,16?;;. The van der Waals surface area contributed by atoms with Crippen molar-refractivity contribution in [3.8, 4) is 0 Å². The molecule has 0 spiro atoms. The predicted molar refractivity (Wildman–Crippen MR) is 100 cm³/mol. The highest BCUT2D eigenvalue weighted by Gasteiger charge is 2.57. The van der Waals surface area contributed by atoms with E-state index in [9.17, 15) is 4.79 Å². The van der Waals surface area contributed by atoms with E-state index in [1.165, 1.54) is 12.8 Å². The van der Waals surface area contributed by atoms with Gasteiger partial charge in [-0.25, -0.2) is 9.97 Å². The number of fused-ring (bicyclic) bond motifs is 2. The quantitative estimate of drug-likeness (QED) is 0.898. The Balaban J connectivity index is 0.00000105. The Labute approximate surface area is 150 Å². The van der Waals surface area contributed by atoms with Crippen LogP contribution in [0.2, 0.25) is 0 Å². The second-order valence-electron chi connectivity index (χ2n) is 8.35. The van der Waals surface area contributed by atoms with Gasteiger partial charge in [-0.1, -0.05) is 18.2 Å². The molecule has 2 aromatic rings. The summed E-state index contributed by atoms with van der Waals surface area (Å²) in [5.41, 5.74) is 1.41. The lowest BCUT2D eigenvalue weighted by molar-refractivity contribution is -0.124. The van der Waals surface area contributed by atoms with Gasteiger partial charge in [0.2, 0.25) is 5.91 Å². The van der Waals surface area contributed by atoms with Gasteiger partial charge in [-0.2, -0.15) is 0 Å². The van der Waals surface area contributed by atoms with Gasteiger partial charge in [0, 0.05) is 20.1 Å². The molecule has 25 heavy (non-hydrogen) atoms. The molecular formula is C20H28N4O. The first-order valence-electron chi connectivity index (χ1n) is 9.34. The van der Waals surface area contributed by atoms with Crippen LogP contribution in [0.3, 0.4) is 0 Å². The van der Waals surface area contributed by atoms with Gasteiger partial charge in [0.05, 0.1) is 16.7 Å². The topological polar surface area (TPSA) is 66.9 Å². The number of carbonyl (C=O) groups is 1. The highest BCUT2D eigenvalue weighted by molar-refractivity contribution is 5.86. The molecule has 3 aliphatic rings. The van der Waals surface area contributed by atoms with Crippen LogP contribution in [0.5, 0.6) is 0 Å². The van der Waals surface area contributed by atoms with E-state index in [0.29, 0.717) is 17.8 Å². The van der Waals surface area contributed by atoms with Crippen molar-refractivity contribution in [2.75, 3.05) is 13.1 Å². The molecule has 1 aliphatic heterocycles. The number of benzene rings is 1. The third-order valence-electron chi connectivity index (χ3n) is 5.99. The minimum absolute atomic E-state index is 0. The second kappa shape index (κ2) is 5.24. The summed E-state index contributed by atoms with van der Waals surface area (Å²) in [6.07, 6.45) is 2.34. The van der Waals surface area contributed by atoms with E-state index in [4.69, 9.17) is 9.97 Å². The normalized spacial score (nSPS) is 28.0. The van der Waals surface area contributed by atoms with E-state index in [1.54, 1.807) is 0 Å². The van der Waals surface area contributed by atoms with Crippen molar-refractivity contribution in [1.82, 2.24) is 20.6 Å². The number of para-hydroxylation sites is 1. The molecule has 5 heteroatoms. The van der Waals surface area contributed by atoms with Crippen LogP contribution in [-0.2, 0) is 10.3 Å². The number of amides is 1. The van der Waals surface area contributed by atoms with Crippen LogP contribution in [-0.4, -0.2) is 29.0 Å². The van der Waals surface area contributed by atoms with Crippen LogP contribution < -0.4 is 10.6 Å². The molecule has 134 valence electrons. The van der Waals surface area contributed by atoms with Crippen molar-refractivity contribution in [2.24, 2.45) is 17.8 Å².